The number of ether oxygens (including phenoxy) is 2. The molecule has 2 atom stereocenters. The van der Waals surface area contributed by atoms with E-state index < -0.39 is 5.60 Å². The fraction of sp³-hybridized carbons (Fsp3) is 0.647. The molecule has 1 aliphatic heterocycles. The van der Waals surface area contributed by atoms with Crippen LogP contribution in [0.1, 0.15) is 46.2 Å². The van der Waals surface area contributed by atoms with Gasteiger partial charge in [0.25, 0.3) is 0 Å². The Morgan fingerprint density at radius 3 is 2.76 bits per heavy atom. The highest BCUT2D eigenvalue weighted by Gasteiger charge is 2.51. The summed E-state index contributed by atoms with van der Waals surface area (Å²) in [6.45, 7) is 8.69. The summed E-state index contributed by atoms with van der Waals surface area (Å²) < 4.78 is 12.1. The van der Waals surface area contributed by atoms with Crippen molar-refractivity contribution in [1.29, 1.82) is 0 Å². The van der Waals surface area contributed by atoms with Crippen LogP contribution in [0.3, 0.4) is 0 Å². The van der Waals surface area contributed by atoms with Crippen LogP contribution in [0.4, 0.5) is 0 Å². The van der Waals surface area contributed by atoms with Gasteiger partial charge < -0.3 is 9.47 Å². The molecular weight excluding hydrogens is 266 g/mol. The first-order valence-corrected chi connectivity index (χ1v) is 7.57. The predicted octanol–water partition coefficient (Wildman–Crippen LogP) is 3.15. The zero-order chi connectivity index (χ0) is 15.5. The van der Waals surface area contributed by atoms with Crippen LogP contribution < -0.4 is 0 Å². The monoisotopic (exact) mass is 291 g/mol. The Bertz CT molecular complexity index is 486. The number of pyridine rings is 1. The van der Waals surface area contributed by atoms with Crippen LogP contribution in [-0.4, -0.2) is 28.6 Å². The fourth-order valence-corrected chi connectivity index (χ4v) is 3.15. The maximum Gasteiger partial charge on any atom is 0.135 e. The lowest BCUT2D eigenvalue weighted by Crippen LogP contribution is -2.37. The summed E-state index contributed by atoms with van der Waals surface area (Å²) in [5, 5.41) is 0. The molecule has 0 aliphatic carbocycles. The lowest BCUT2D eigenvalue weighted by atomic mass is 9.83. The molecule has 0 N–H and O–H groups in total. The molecule has 1 aliphatic rings. The number of carbonyl (C=O) groups excluding carboxylic acids is 1. The second kappa shape index (κ2) is 6.24. The van der Waals surface area contributed by atoms with Crippen molar-refractivity contribution >= 4 is 5.78 Å². The molecule has 0 bridgehead atoms. The molecule has 1 aromatic heterocycles. The maximum atomic E-state index is 11.8. The summed E-state index contributed by atoms with van der Waals surface area (Å²) in [7, 11) is 0. The van der Waals surface area contributed by atoms with Crippen LogP contribution in [-0.2, 0) is 20.9 Å². The number of Topliss-reactive ketones (excluding diaryl/α,β-unsaturated/α-hetero) is 1. The minimum atomic E-state index is -0.420. The molecule has 1 saturated heterocycles. The summed E-state index contributed by atoms with van der Waals surface area (Å²) in [4.78, 5) is 16.1. The first-order chi connectivity index (χ1) is 9.88. The molecule has 21 heavy (non-hydrogen) atoms. The van der Waals surface area contributed by atoms with Gasteiger partial charge in [0, 0.05) is 12.1 Å². The molecule has 1 fully saturated rings. The van der Waals surface area contributed by atoms with Gasteiger partial charge in [0.15, 0.2) is 0 Å². The van der Waals surface area contributed by atoms with Gasteiger partial charge in [-0.25, -0.2) is 0 Å². The second-order valence-electron chi connectivity index (χ2n) is 6.42. The van der Waals surface area contributed by atoms with Crippen molar-refractivity contribution in [2.24, 2.45) is 5.92 Å². The Kier molecular flexibility index (Phi) is 4.79. The van der Waals surface area contributed by atoms with Gasteiger partial charge in [0.1, 0.15) is 5.78 Å². The molecule has 0 saturated carbocycles. The molecule has 1 aromatic rings. The predicted molar refractivity (Wildman–Crippen MR) is 80.9 cm³/mol. The lowest BCUT2D eigenvalue weighted by Gasteiger charge is -2.30. The molecule has 2 heterocycles. The third-order valence-electron chi connectivity index (χ3n) is 4.37. The molecule has 116 valence electrons. The van der Waals surface area contributed by atoms with E-state index in [1.165, 1.54) is 0 Å². The smallest absolute Gasteiger partial charge is 0.135 e. The Hall–Kier alpha value is -1.26. The van der Waals surface area contributed by atoms with Gasteiger partial charge in [-0.15, -0.1) is 0 Å². The number of hydrogen-bond acceptors (Lipinski definition) is 4. The highest BCUT2D eigenvalue weighted by atomic mass is 16.6. The quantitative estimate of drug-likeness (QED) is 0.808. The number of ketones is 1. The molecule has 0 aromatic carbocycles. The third kappa shape index (κ3) is 3.69. The van der Waals surface area contributed by atoms with E-state index in [0.717, 1.165) is 18.5 Å². The zero-order valence-electron chi connectivity index (χ0n) is 13.4. The number of rotatable bonds is 6. The van der Waals surface area contributed by atoms with Gasteiger partial charge in [-0.3, -0.25) is 9.78 Å². The summed E-state index contributed by atoms with van der Waals surface area (Å²) in [6, 6.07) is 5.77. The third-order valence-corrected chi connectivity index (χ3v) is 4.37. The first kappa shape index (κ1) is 16.1. The van der Waals surface area contributed by atoms with Gasteiger partial charge in [-0.1, -0.05) is 13.0 Å². The van der Waals surface area contributed by atoms with Crippen LogP contribution in [0.5, 0.6) is 0 Å². The molecule has 2 rings (SSSR count). The fourth-order valence-electron chi connectivity index (χ4n) is 3.15. The number of hydrogen-bond donors (Lipinski definition) is 0. The van der Waals surface area contributed by atoms with Gasteiger partial charge in [-0.2, -0.15) is 0 Å². The second-order valence-corrected chi connectivity index (χ2v) is 6.42. The topological polar surface area (TPSA) is 48.4 Å². The van der Waals surface area contributed by atoms with Crippen molar-refractivity contribution in [3.05, 3.63) is 30.1 Å². The minimum absolute atomic E-state index is 0.0594. The normalized spacial score (nSPS) is 27.7. The van der Waals surface area contributed by atoms with E-state index >= 15 is 0 Å². The molecular formula is C17H25NO3. The summed E-state index contributed by atoms with van der Waals surface area (Å²) in [5.74, 6) is 0.135. The van der Waals surface area contributed by atoms with Crippen LogP contribution in [0.2, 0.25) is 0 Å². The van der Waals surface area contributed by atoms with E-state index in [1.54, 1.807) is 13.1 Å². The summed E-state index contributed by atoms with van der Waals surface area (Å²) in [6.07, 6.45) is 3.33. The Labute approximate surface area is 126 Å². The Morgan fingerprint density at radius 1 is 1.48 bits per heavy atom. The van der Waals surface area contributed by atoms with Gasteiger partial charge in [0.05, 0.1) is 30.1 Å². The average Bonchev–Trinajstić information content (AvgIpc) is 2.72. The molecule has 4 nitrogen and oxygen atoms in total. The Balaban J connectivity index is 1.98. The van der Waals surface area contributed by atoms with Crippen molar-refractivity contribution < 1.29 is 14.3 Å². The van der Waals surface area contributed by atoms with E-state index in [2.05, 4.69) is 11.9 Å². The van der Waals surface area contributed by atoms with Gasteiger partial charge in [0.2, 0.25) is 0 Å². The summed E-state index contributed by atoms with van der Waals surface area (Å²) >= 11 is 0. The van der Waals surface area contributed by atoms with E-state index in [9.17, 15) is 4.79 Å². The number of aromatic nitrogens is 1. The van der Waals surface area contributed by atoms with Crippen molar-refractivity contribution in [3.63, 3.8) is 0 Å². The van der Waals surface area contributed by atoms with E-state index in [4.69, 9.17) is 9.47 Å². The average molecular weight is 291 g/mol. The minimum Gasteiger partial charge on any atom is -0.372 e. The van der Waals surface area contributed by atoms with Crippen LogP contribution >= 0.6 is 0 Å². The van der Waals surface area contributed by atoms with Crippen LogP contribution in [0, 0.1) is 5.92 Å². The zero-order valence-corrected chi connectivity index (χ0v) is 13.4. The molecule has 0 radical (unpaired) electrons. The van der Waals surface area contributed by atoms with Gasteiger partial charge in [-0.05, 0) is 45.7 Å². The summed E-state index contributed by atoms with van der Waals surface area (Å²) in [5.41, 5.74) is 0.120. The molecule has 0 spiro atoms. The Morgan fingerprint density at radius 2 is 2.24 bits per heavy atom. The SMILES string of the molecule is CCC1(COCc2ccccn2)CC(C(C)=O)C(C)(C)O1. The first-order valence-electron chi connectivity index (χ1n) is 7.57. The maximum absolute atomic E-state index is 11.8. The van der Waals surface area contributed by atoms with Crippen LogP contribution in [0.15, 0.2) is 24.4 Å². The largest absolute Gasteiger partial charge is 0.372 e. The number of carbonyl (C=O) groups is 1. The standard InChI is InChI=1S/C17H25NO3/c1-5-17(10-15(13(2)19)16(3,4)21-17)12-20-11-14-8-6-7-9-18-14/h6-9,15H,5,10-12H2,1-4H3. The van der Waals surface area contributed by atoms with Crippen molar-refractivity contribution in [3.8, 4) is 0 Å². The highest BCUT2D eigenvalue weighted by Crippen LogP contribution is 2.44. The lowest BCUT2D eigenvalue weighted by molar-refractivity contribution is -0.138. The molecule has 0 amide bonds. The van der Waals surface area contributed by atoms with Crippen molar-refractivity contribution in [2.75, 3.05) is 6.61 Å². The van der Waals surface area contributed by atoms with E-state index in [1.807, 2.05) is 32.0 Å². The van der Waals surface area contributed by atoms with Crippen LogP contribution in [0.25, 0.3) is 0 Å². The molecule has 4 heteroatoms. The number of nitrogens with zero attached hydrogens (tertiary/aromatic N) is 1. The van der Waals surface area contributed by atoms with E-state index in [0.29, 0.717) is 13.2 Å². The molecule has 2 unspecified atom stereocenters. The van der Waals surface area contributed by atoms with Gasteiger partial charge >= 0.3 is 0 Å². The highest BCUT2D eigenvalue weighted by molar-refractivity contribution is 5.80. The van der Waals surface area contributed by atoms with Crippen molar-refractivity contribution in [2.45, 2.75) is 58.3 Å². The van der Waals surface area contributed by atoms with E-state index in [-0.39, 0.29) is 17.3 Å². The van der Waals surface area contributed by atoms with Crippen molar-refractivity contribution in [1.82, 2.24) is 4.98 Å².